The van der Waals surface area contributed by atoms with Crippen LogP contribution in [0.5, 0.6) is 5.75 Å². The number of pyridine rings is 1. The lowest BCUT2D eigenvalue weighted by Gasteiger charge is -2.34. The molecule has 12 heteroatoms. The van der Waals surface area contributed by atoms with Gasteiger partial charge in [-0.15, -0.1) is 0 Å². The zero-order chi connectivity index (χ0) is 36.4. The third-order valence-corrected chi connectivity index (χ3v) is 10.5. The van der Waals surface area contributed by atoms with Gasteiger partial charge >= 0.3 is 5.97 Å². The summed E-state index contributed by atoms with van der Waals surface area (Å²) in [5.41, 5.74) is 4.77. The van der Waals surface area contributed by atoms with Crippen LogP contribution >= 0.6 is 23.2 Å². The number of methoxy groups -OCH3 is 1. The number of carbonyl (C=O) groups excluding carboxylic acids is 3. The number of benzene rings is 2. The highest BCUT2D eigenvalue weighted by Crippen LogP contribution is 2.41. The molecule has 268 valence electrons. The Hall–Kier alpha value is -4.25. The van der Waals surface area contributed by atoms with E-state index in [0.29, 0.717) is 67.7 Å². The molecular formula is C39H43Cl2N5O5. The minimum absolute atomic E-state index is 0.0173. The highest BCUT2D eigenvalue weighted by molar-refractivity contribution is 6.39. The summed E-state index contributed by atoms with van der Waals surface area (Å²) in [6.45, 7) is 8.23. The highest BCUT2D eigenvalue weighted by atomic mass is 35.5. The number of amides is 1. The van der Waals surface area contributed by atoms with Gasteiger partial charge < -0.3 is 19.4 Å². The number of anilines is 1. The molecule has 4 aromatic rings. The molecular weight excluding hydrogens is 689 g/mol. The van der Waals surface area contributed by atoms with E-state index in [1.165, 1.54) is 7.11 Å². The average Bonchev–Trinajstić information content (AvgIpc) is 3.44. The Morgan fingerprint density at radius 2 is 1.78 bits per heavy atom. The Kier molecular flexibility index (Phi) is 10.9. The van der Waals surface area contributed by atoms with Crippen LogP contribution in [-0.4, -0.2) is 63.4 Å². The molecule has 1 N–H and O–H groups in total. The smallest absolute Gasteiger partial charge is 0.309 e. The van der Waals surface area contributed by atoms with Gasteiger partial charge in [-0.1, -0.05) is 41.4 Å². The summed E-state index contributed by atoms with van der Waals surface area (Å²) < 4.78 is 12.9. The van der Waals surface area contributed by atoms with Gasteiger partial charge in [-0.05, 0) is 76.6 Å². The Balaban J connectivity index is 1.13. The molecule has 6 rings (SSSR count). The van der Waals surface area contributed by atoms with E-state index in [1.54, 1.807) is 42.6 Å². The molecule has 0 atom stereocenters. The molecule has 2 aromatic carbocycles. The van der Waals surface area contributed by atoms with Crippen molar-refractivity contribution in [3.63, 3.8) is 0 Å². The maximum Gasteiger partial charge on any atom is 0.309 e. The van der Waals surface area contributed by atoms with Crippen LogP contribution in [0.2, 0.25) is 10.0 Å². The lowest BCUT2D eigenvalue weighted by Crippen LogP contribution is -2.37. The summed E-state index contributed by atoms with van der Waals surface area (Å²) in [7, 11) is 3.37. The van der Waals surface area contributed by atoms with Crippen molar-refractivity contribution in [2.45, 2.75) is 65.0 Å². The summed E-state index contributed by atoms with van der Waals surface area (Å²) in [5, 5.41) is 3.66. The van der Waals surface area contributed by atoms with Crippen LogP contribution in [0.3, 0.4) is 0 Å². The van der Waals surface area contributed by atoms with Crippen molar-refractivity contribution in [3.8, 4) is 28.1 Å². The molecule has 1 aliphatic heterocycles. The van der Waals surface area contributed by atoms with Gasteiger partial charge in [0.2, 0.25) is 0 Å². The number of aromatic nitrogens is 3. The van der Waals surface area contributed by atoms with Crippen molar-refractivity contribution in [3.05, 3.63) is 81.5 Å². The normalized spacial score (nSPS) is 17.8. The molecule has 0 saturated heterocycles. The number of aldehydes is 1. The predicted octanol–water partition coefficient (Wildman–Crippen LogP) is 8.04. The minimum Gasteiger partial charge on any atom is -0.496 e. The molecule has 2 aliphatic rings. The summed E-state index contributed by atoms with van der Waals surface area (Å²) in [4.78, 5) is 49.3. The largest absolute Gasteiger partial charge is 0.496 e. The highest BCUT2D eigenvalue weighted by Gasteiger charge is 2.32. The number of ether oxygens (including phenoxy) is 2. The number of esters is 1. The maximum atomic E-state index is 13.7. The Morgan fingerprint density at radius 1 is 1.04 bits per heavy atom. The summed E-state index contributed by atoms with van der Waals surface area (Å²) in [6, 6.07) is 12.3. The predicted molar refractivity (Wildman–Crippen MR) is 199 cm³/mol. The molecule has 1 aliphatic carbocycles. The first kappa shape index (κ1) is 36.5. The second-order valence-electron chi connectivity index (χ2n) is 14.3. The van der Waals surface area contributed by atoms with Crippen molar-refractivity contribution in [2.24, 2.45) is 18.9 Å². The van der Waals surface area contributed by atoms with Crippen molar-refractivity contribution >= 4 is 47.1 Å². The lowest BCUT2D eigenvalue weighted by molar-refractivity contribution is -0.161. The van der Waals surface area contributed by atoms with Gasteiger partial charge in [0.05, 0.1) is 45.7 Å². The summed E-state index contributed by atoms with van der Waals surface area (Å²) in [5.74, 6) is 0.793. The standard InChI is InChI=1S/C39H43Cl2N5O5/c1-39(2,3)51-38(49)24-11-9-23(10-12-24)20-46-18-16-31-30(21-46)43-36(45(31)4)37(48)44-29-8-6-7-27(33(29)40)28-15-17-42-35(34(28)41)25-13-14-26(22-47)32(19-25)50-5/h6-8,13-15,17,19,22-24H,9-12,16,18,20-21H2,1-5H3,(H,44,48). The average molecular weight is 733 g/mol. The van der Waals surface area contributed by atoms with E-state index in [-0.39, 0.29) is 17.8 Å². The third-order valence-electron chi connectivity index (χ3n) is 9.70. The lowest BCUT2D eigenvalue weighted by atomic mass is 9.81. The van der Waals surface area contributed by atoms with Crippen molar-refractivity contribution in [2.75, 3.05) is 25.5 Å². The van der Waals surface area contributed by atoms with Gasteiger partial charge in [0, 0.05) is 61.7 Å². The van der Waals surface area contributed by atoms with E-state index >= 15 is 0 Å². The number of nitrogens with one attached hydrogen (secondary N) is 1. The first-order chi connectivity index (χ1) is 24.4. The number of hydrogen-bond acceptors (Lipinski definition) is 8. The van der Waals surface area contributed by atoms with Gasteiger partial charge in [-0.2, -0.15) is 0 Å². The number of hydrogen-bond donors (Lipinski definition) is 1. The van der Waals surface area contributed by atoms with Gasteiger partial charge in [0.1, 0.15) is 11.4 Å². The summed E-state index contributed by atoms with van der Waals surface area (Å²) >= 11 is 13.8. The molecule has 3 heterocycles. The fourth-order valence-electron chi connectivity index (χ4n) is 7.10. The van der Waals surface area contributed by atoms with Crippen LogP contribution < -0.4 is 10.1 Å². The van der Waals surface area contributed by atoms with Gasteiger partial charge in [0.25, 0.3) is 5.91 Å². The van der Waals surface area contributed by atoms with E-state index in [4.69, 9.17) is 37.7 Å². The number of halogens is 2. The maximum absolute atomic E-state index is 13.7. The first-order valence-electron chi connectivity index (χ1n) is 17.2. The zero-order valence-corrected chi connectivity index (χ0v) is 31.1. The second kappa shape index (κ2) is 15.2. The number of fused-ring (bicyclic) bond motifs is 1. The molecule has 1 fully saturated rings. The summed E-state index contributed by atoms with van der Waals surface area (Å²) in [6.07, 6.45) is 6.87. The number of rotatable bonds is 9. The van der Waals surface area contributed by atoms with Gasteiger partial charge in [-0.25, -0.2) is 4.98 Å². The van der Waals surface area contributed by atoms with E-state index in [9.17, 15) is 14.4 Å². The first-order valence-corrected chi connectivity index (χ1v) is 18.0. The Labute approximate surface area is 308 Å². The minimum atomic E-state index is -0.461. The van der Waals surface area contributed by atoms with Crippen LogP contribution in [0.15, 0.2) is 48.7 Å². The second-order valence-corrected chi connectivity index (χ2v) is 15.1. The molecule has 10 nitrogen and oxygen atoms in total. The van der Waals surface area contributed by atoms with E-state index < -0.39 is 5.60 Å². The number of carbonyl (C=O) groups is 3. The SMILES string of the molecule is COc1cc(-c2nccc(-c3cccc(NC(=O)c4nc5c(n4C)CCN(CC4CCC(C(=O)OC(C)(C)C)CC4)C5)c3Cl)c2Cl)ccc1C=O. The molecule has 0 radical (unpaired) electrons. The molecule has 0 bridgehead atoms. The molecule has 51 heavy (non-hydrogen) atoms. The van der Waals surface area contributed by atoms with Crippen LogP contribution in [-0.2, 0) is 29.5 Å². The van der Waals surface area contributed by atoms with Crippen LogP contribution in [0.1, 0.15) is 78.8 Å². The van der Waals surface area contributed by atoms with E-state index in [1.807, 2.05) is 38.5 Å². The Morgan fingerprint density at radius 3 is 2.49 bits per heavy atom. The molecule has 1 amide bonds. The van der Waals surface area contributed by atoms with Crippen molar-refractivity contribution in [1.82, 2.24) is 19.4 Å². The van der Waals surface area contributed by atoms with E-state index in [0.717, 1.165) is 62.9 Å². The fourth-order valence-corrected chi connectivity index (χ4v) is 7.69. The monoisotopic (exact) mass is 731 g/mol. The zero-order valence-electron chi connectivity index (χ0n) is 29.6. The quantitative estimate of drug-likeness (QED) is 0.136. The molecule has 0 spiro atoms. The molecule has 0 unspecified atom stereocenters. The molecule has 1 saturated carbocycles. The Bertz CT molecular complexity index is 1960. The molecule has 2 aromatic heterocycles. The fraction of sp³-hybridized carbons (Fsp3) is 0.410. The van der Waals surface area contributed by atoms with E-state index in [2.05, 4.69) is 15.2 Å². The topological polar surface area (TPSA) is 116 Å². The van der Waals surface area contributed by atoms with Gasteiger partial charge in [0.15, 0.2) is 12.1 Å². The van der Waals surface area contributed by atoms with Crippen molar-refractivity contribution < 1.29 is 23.9 Å². The van der Waals surface area contributed by atoms with Crippen LogP contribution in [0.25, 0.3) is 22.4 Å². The number of imidazole rings is 1. The van der Waals surface area contributed by atoms with Crippen LogP contribution in [0, 0.1) is 11.8 Å². The van der Waals surface area contributed by atoms with Crippen molar-refractivity contribution in [1.29, 1.82) is 0 Å². The van der Waals surface area contributed by atoms with Crippen LogP contribution in [0.4, 0.5) is 5.69 Å². The third kappa shape index (κ3) is 7.98. The number of nitrogens with zero attached hydrogens (tertiary/aromatic N) is 4. The van der Waals surface area contributed by atoms with Gasteiger partial charge in [-0.3, -0.25) is 24.3 Å².